The second-order valence-corrected chi connectivity index (χ2v) is 7.02. The summed E-state index contributed by atoms with van der Waals surface area (Å²) < 4.78 is 0. The van der Waals surface area contributed by atoms with Gasteiger partial charge in [0.1, 0.15) is 5.84 Å². The van der Waals surface area contributed by atoms with Crippen molar-refractivity contribution >= 4 is 57.9 Å². The Kier molecular flexibility index (Phi) is 4.77. The number of nitrogens with zero attached hydrogens (tertiary/aromatic N) is 3. The lowest BCUT2D eigenvalue weighted by molar-refractivity contribution is 1.13. The summed E-state index contributed by atoms with van der Waals surface area (Å²) in [5, 5.41) is 1.62. The molecule has 0 spiro atoms. The number of benzene rings is 2. The van der Waals surface area contributed by atoms with E-state index in [4.69, 9.17) is 39.8 Å². The number of hydrogen-bond acceptors (Lipinski definition) is 2. The minimum Gasteiger partial charge on any atom is -0.232 e. The number of aliphatic imine (C=N–C) groups is 3. The first-order valence-electron chi connectivity index (χ1n) is 7.92. The zero-order valence-corrected chi connectivity index (χ0v) is 15.7. The molecule has 0 bridgehead atoms. The minimum absolute atomic E-state index is 0.0921. The van der Waals surface area contributed by atoms with Gasteiger partial charge in [0, 0.05) is 10.6 Å². The van der Waals surface area contributed by atoms with Crippen molar-refractivity contribution in [3.8, 4) is 0 Å². The van der Waals surface area contributed by atoms with E-state index in [1.165, 1.54) is 0 Å². The molecule has 1 unspecified atom stereocenters. The van der Waals surface area contributed by atoms with Crippen LogP contribution in [0.2, 0.25) is 15.1 Å². The molecule has 4 rings (SSSR count). The first kappa shape index (κ1) is 17.2. The van der Waals surface area contributed by atoms with Crippen LogP contribution in [0, 0.1) is 5.92 Å². The van der Waals surface area contributed by atoms with Gasteiger partial charge in [0.25, 0.3) is 0 Å². The van der Waals surface area contributed by atoms with Crippen LogP contribution in [0.1, 0.15) is 5.56 Å². The van der Waals surface area contributed by atoms with Crippen LogP contribution in [0.5, 0.6) is 0 Å². The normalized spacial score (nSPS) is 20.0. The summed E-state index contributed by atoms with van der Waals surface area (Å²) in [4.78, 5) is 14.1. The summed E-state index contributed by atoms with van der Waals surface area (Å²) >= 11 is 18.1. The highest BCUT2D eigenvalue weighted by molar-refractivity contribution is 6.42. The molecule has 6 heteroatoms. The fourth-order valence-corrected chi connectivity index (χ4v) is 3.11. The Morgan fingerprint density at radius 2 is 1.65 bits per heavy atom. The summed E-state index contributed by atoms with van der Waals surface area (Å²) in [6.07, 6.45) is 7.92. The van der Waals surface area contributed by atoms with E-state index >= 15 is 0 Å². The van der Waals surface area contributed by atoms with Gasteiger partial charge in [-0.3, -0.25) is 0 Å². The maximum atomic E-state index is 6.11. The van der Waals surface area contributed by atoms with Gasteiger partial charge in [0.15, 0.2) is 5.84 Å². The Morgan fingerprint density at radius 1 is 0.846 bits per heavy atom. The highest BCUT2D eigenvalue weighted by Crippen LogP contribution is 2.29. The van der Waals surface area contributed by atoms with Gasteiger partial charge in [-0.1, -0.05) is 53.0 Å². The second-order valence-electron chi connectivity index (χ2n) is 5.77. The first-order valence-corrected chi connectivity index (χ1v) is 9.05. The zero-order chi connectivity index (χ0) is 18.1. The third-order valence-corrected chi connectivity index (χ3v) is 4.97. The molecule has 26 heavy (non-hydrogen) atoms. The van der Waals surface area contributed by atoms with Crippen LogP contribution in [-0.4, -0.2) is 17.4 Å². The summed E-state index contributed by atoms with van der Waals surface area (Å²) in [5.41, 5.74) is 2.47. The van der Waals surface area contributed by atoms with Crippen LogP contribution in [-0.2, 0) is 0 Å². The van der Waals surface area contributed by atoms with Crippen LogP contribution in [0.15, 0.2) is 81.7 Å². The van der Waals surface area contributed by atoms with Gasteiger partial charge < -0.3 is 0 Å². The van der Waals surface area contributed by atoms with Gasteiger partial charge in [-0.15, -0.1) is 0 Å². The van der Waals surface area contributed by atoms with Crippen molar-refractivity contribution in [2.24, 2.45) is 20.9 Å². The van der Waals surface area contributed by atoms with Crippen molar-refractivity contribution in [2.75, 3.05) is 0 Å². The van der Waals surface area contributed by atoms with E-state index in [0.29, 0.717) is 32.4 Å². The van der Waals surface area contributed by atoms with Gasteiger partial charge in [-0.2, -0.15) is 0 Å². The Balaban J connectivity index is 1.80. The maximum Gasteiger partial charge on any atom is 0.161 e. The predicted molar refractivity (Wildman–Crippen MR) is 111 cm³/mol. The third kappa shape index (κ3) is 3.51. The number of allylic oxidation sites excluding steroid dienone is 3. The molecule has 0 saturated heterocycles. The molecule has 0 N–H and O–H groups in total. The molecule has 0 aromatic heterocycles. The molecule has 0 saturated carbocycles. The Bertz CT molecular complexity index is 1020. The minimum atomic E-state index is -0.0921. The van der Waals surface area contributed by atoms with Crippen LogP contribution in [0.25, 0.3) is 0 Å². The van der Waals surface area contributed by atoms with Crippen molar-refractivity contribution in [1.29, 1.82) is 0 Å². The largest absolute Gasteiger partial charge is 0.232 e. The van der Waals surface area contributed by atoms with Gasteiger partial charge in [-0.25, -0.2) is 15.0 Å². The lowest BCUT2D eigenvalue weighted by Gasteiger charge is -2.21. The topological polar surface area (TPSA) is 37.1 Å². The summed E-state index contributed by atoms with van der Waals surface area (Å²) in [6, 6.07) is 12.7. The van der Waals surface area contributed by atoms with E-state index in [1.54, 1.807) is 12.1 Å². The lowest BCUT2D eigenvalue weighted by atomic mass is 9.95. The maximum absolute atomic E-state index is 6.11. The van der Waals surface area contributed by atoms with E-state index in [0.717, 1.165) is 11.3 Å². The molecule has 1 atom stereocenters. The van der Waals surface area contributed by atoms with Crippen molar-refractivity contribution < 1.29 is 0 Å². The van der Waals surface area contributed by atoms with Crippen molar-refractivity contribution in [3.63, 3.8) is 0 Å². The first-order chi connectivity index (χ1) is 12.6. The number of halogens is 3. The molecule has 3 nitrogen and oxygen atoms in total. The summed E-state index contributed by atoms with van der Waals surface area (Å²) in [7, 11) is 0. The highest BCUT2D eigenvalue weighted by atomic mass is 35.5. The Morgan fingerprint density at radius 3 is 2.42 bits per heavy atom. The van der Waals surface area contributed by atoms with E-state index in [2.05, 4.69) is 9.98 Å². The summed E-state index contributed by atoms with van der Waals surface area (Å²) in [5.74, 6) is 1.16. The number of amidine groups is 2. The molecule has 128 valence electrons. The Labute approximate surface area is 166 Å². The molecule has 0 amide bonds. The fraction of sp³-hybridized carbons (Fsp3) is 0.0500. The van der Waals surface area contributed by atoms with Gasteiger partial charge in [-0.05, 0) is 48.5 Å². The lowest BCUT2D eigenvalue weighted by Crippen LogP contribution is -2.27. The summed E-state index contributed by atoms with van der Waals surface area (Å²) in [6.45, 7) is 0. The fourth-order valence-electron chi connectivity index (χ4n) is 2.69. The van der Waals surface area contributed by atoms with Crippen molar-refractivity contribution in [1.82, 2.24) is 0 Å². The highest BCUT2D eigenvalue weighted by Gasteiger charge is 2.25. The SMILES string of the molecule is Clc1ccc(C2=NC(=Nc3ccc(Cl)c(Cl)c3)C3C=CC=CC3=N2)cc1. The second kappa shape index (κ2) is 7.20. The molecule has 1 heterocycles. The smallest absolute Gasteiger partial charge is 0.161 e. The average Bonchev–Trinajstić information content (AvgIpc) is 2.65. The number of rotatable bonds is 2. The van der Waals surface area contributed by atoms with Crippen molar-refractivity contribution in [3.05, 3.63) is 87.4 Å². The van der Waals surface area contributed by atoms with Gasteiger partial charge in [0.2, 0.25) is 0 Å². The van der Waals surface area contributed by atoms with E-state index < -0.39 is 0 Å². The van der Waals surface area contributed by atoms with Crippen LogP contribution in [0.3, 0.4) is 0 Å². The average molecular weight is 401 g/mol. The van der Waals surface area contributed by atoms with E-state index in [9.17, 15) is 0 Å². The monoisotopic (exact) mass is 399 g/mol. The van der Waals surface area contributed by atoms with E-state index in [1.807, 2.05) is 54.6 Å². The van der Waals surface area contributed by atoms with E-state index in [-0.39, 0.29) is 5.92 Å². The zero-order valence-electron chi connectivity index (χ0n) is 13.4. The molecule has 2 aliphatic rings. The Hall–Kier alpha value is -2.20. The number of hydrogen-bond donors (Lipinski definition) is 0. The van der Waals surface area contributed by atoms with Crippen molar-refractivity contribution in [2.45, 2.75) is 0 Å². The molecular weight excluding hydrogens is 389 g/mol. The predicted octanol–water partition coefficient (Wildman–Crippen LogP) is 6.32. The molecule has 1 aliphatic carbocycles. The molecule has 1 aliphatic heterocycles. The standard InChI is InChI=1S/C20H12Cl3N3/c21-13-7-5-12(6-8-13)19-25-18-4-2-1-3-15(18)20(26-19)24-14-9-10-16(22)17(23)11-14/h1-11,15H. The molecule has 0 radical (unpaired) electrons. The quantitative estimate of drug-likeness (QED) is 0.565. The molecule has 2 aromatic carbocycles. The molecule has 2 aromatic rings. The van der Waals surface area contributed by atoms with Crippen LogP contribution in [0.4, 0.5) is 5.69 Å². The number of fused-ring (bicyclic) bond motifs is 1. The van der Waals surface area contributed by atoms with Gasteiger partial charge in [0.05, 0.1) is 27.4 Å². The van der Waals surface area contributed by atoms with Crippen LogP contribution >= 0.6 is 34.8 Å². The van der Waals surface area contributed by atoms with Gasteiger partial charge >= 0.3 is 0 Å². The van der Waals surface area contributed by atoms with Crippen LogP contribution < -0.4 is 0 Å². The molecular formula is C20H12Cl3N3. The third-order valence-electron chi connectivity index (χ3n) is 3.98. The molecule has 0 fully saturated rings.